The van der Waals surface area contributed by atoms with Gasteiger partial charge in [0.25, 0.3) is 0 Å². The molecule has 15 heavy (non-hydrogen) atoms. The van der Waals surface area contributed by atoms with E-state index in [0.29, 0.717) is 11.8 Å². The zero-order chi connectivity index (χ0) is 11.6. The second-order valence-corrected chi connectivity index (χ2v) is 3.23. The Labute approximate surface area is 89.6 Å². The molecular formula is C9H8ClF3N2. The molecule has 0 fully saturated rings. The van der Waals surface area contributed by atoms with Crippen molar-refractivity contribution in [3.63, 3.8) is 0 Å². The van der Waals surface area contributed by atoms with E-state index in [0.717, 1.165) is 6.07 Å². The third-order valence-corrected chi connectivity index (χ3v) is 2.09. The maximum Gasteiger partial charge on any atom is 0.417 e. The Kier molecular flexibility index (Phi) is 3.36. The molecule has 0 saturated heterocycles. The van der Waals surface area contributed by atoms with Crippen LogP contribution in [0.2, 0.25) is 5.15 Å². The molecule has 82 valence electrons. The molecule has 0 aromatic carbocycles. The summed E-state index contributed by atoms with van der Waals surface area (Å²) >= 11 is 5.63. The first-order valence-electron chi connectivity index (χ1n) is 3.97. The molecule has 0 aliphatic rings. The fourth-order valence-electron chi connectivity index (χ4n) is 0.961. The van der Waals surface area contributed by atoms with Crippen LogP contribution in [0.4, 0.5) is 13.2 Å². The van der Waals surface area contributed by atoms with Gasteiger partial charge < -0.3 is 5.73 Å². The van der Waals surface area contributed by atoms with Crippen LogP contribution in [-0.4, -0.2) is 11.5 Å². The Morgan fingerprint density at radius 3 is 2.60 bits per heavy atom. The molecular weight excluding hydrogens is 229 g/mol. The molecule has 0 aliphatic heterocycles. The van der Waals surface area contributed by atoms with Gasteiger partial charge in [-0.3, -0.25) is 0 Å². The van der Waals surface area contributed by atoms with Gasteiger partial charge in [-0.05, 0) is 11.6 Å². The summed E-state index contributed by atoms with van der Waals surface area (Å²) in [7, 11) is 0. The summed E-state index contributed by atoms with van der Waals surface area (Å²) in [4.78, 5) is 3.44. The molecule has 1 aromatic heterocycles. The van der Waals surface area contributed by atoms with Gasteiger partial charge in [-0.2, -0.15) is 13.2 Å². The fourth-order valence-corrected chi connectivity index (χ4v) is 1.20. The van der Waals surface area contributed by atoms with Gasteiger partial charge in [0.05, 0.1) is 5.56 Å². The Bertz CT molecular complexity index is 387. The van der Waals surface area contributed by atoms with E-state index in [1.165, 1.54) is 0 Å². The highest BCUT2D eigenvalue weighted by Crippen LogP contribution is 2.32. The monoisotopic (exact) mass is 236 g/mol. The van der Waals surface area contributed by atoms with Gasteiger partial charge in [0, 0.05) is 18.3 Å². The van der Waals surface area contributed by atoms with Gasteiger partial charge in [0.2, 0.25) is 0 Å². The van der Waals surface area contributed by atoms with Crippen LogP contribution in [0.25, 0.3) is 5.57 Å². The van der Waals surface area contributed by atoms with Crippen LogP contribution in [0, 0.1) is 0 Å². The molecule has 1 rings (SSSR count). The Balaban J connectivity index is 3.23. The number of rotatable bonds is 2. The van der Waals surface area contributed by atoms with Crippen molar-refractivity contribution in [2.45, 2.75) is 6.18 Å². The van der Waals surface area contributed by atoms with Crippen molar-refractivity contribution in [1.82, 2.24) is 4.98 Å². The second-order valence-electron chi connectivity index (χ2n) is 2.87. The second kappa shape index (κ2) is 4.20. The van der Waals surface area contributed by atoms with E-state index in [2.05, 4.69) is 11.6 Å². The highest BCUT2D eigenvalue weighted by molar-refractivity contribution is 6.31. The number of aromatic nitrogens is 1. The highest BCUT2D eigenvalue weighted by Gasteiger charge is 2.31. The summed E-state index contributed by atoms with van der Waals surface area (Å²) in [6.45, 7) is 3.54. The molecule has 0 spiro atoms. The predicted octanol–water partition coefficient (Wildman–Crippen LogP) is 2.73. The number of alkyl halides is 3. The Hall–Kier alpha value is -1.07. The van der Waals surface area contributed by atoms with Gasteiger partial charge in [-0.25, -0.2) is 4.98 Å². The normalized spacial score (nSPS) is 11.5. The van der Waals surface area contributed by atoms with Gasteiger partial charge in [0.1, 0.15) is 5.15 Å². The molecule has 0 unspecified atom stereocenters. The van der Waals surface area contributed by atoms with Gasteiger partial charge >= 0.3 is 6.18 Å². The predicted molar refractivity (Wildman–Crippen MR) is 52.3 cm³/mol. The van der Waals surface area contributed by atoms with E-state index in [1.54, 1.807) is 0 Å². The molecule has 2 N–H and O–H groups in total. The highest BCUT2D eigenvalue weighted by atomic mass is 35.5. The molecule has 0 aliphatic carbocycles. The minimum Gasteiger partial charge on any atom is -0.326 e. The van der Waals surface area contributed by atoms with Crippen LogP contribution in [-0.2, 0) is 6.18 Å². The minimum atomic E-state index is -4.44. The first-order valence-corrected chi connectivity index (χ1v) is 4.35. The Morgan fingerprint density at radius 1 is 1.53 bits per heavy atom. The number of hydrogen-bond acceptors (Lipinski definition) is 2. The molecule has 1 heterocycles. The molecule has 0 atom stereocenters. The zero-order valence-corrected chi connectivity index (χ0v) is 8.36. The molecule has 0 bridgehead atoms. The van der Waals surface area contributed by atoms with Gasteiger partial charge in [-0.1, -0.05) is 18.2 Å². The number of pyridine rings is 1. The lowest BCUT2D eigenvalue weighted by Gasteiger charge is -2.10. The number of halogens is 4. The first-order chi connectivity index (χ1) is 6.86. The van der Waals surface area contributed by atoms with E-state index in [4.69, 9.17) is 17.3 Å². The average Bonchev–Trinajstić information content (AvgIpc) is 2.15. The molecule has 0 saturated carbocycles. The van der Waals surface area contributed by atoms with E-state index in [9.17, 15) is 13.2 Å². The summed E-state index contributed by atoms with van der Waals surface area (Å²) in [5, 5.41) is -0.0292. The lowest BCUT2D eigenvalue weighted by molar-refractivity contribution is -0.137. The van der Waals surface area contributed by atoms with Crippen LogP contribution >= 0.6 is 11.6 Å². The fraction of sp³-hybridized carbons (Fsp3) is 0.222. The summed E-state index contributed by atoms with van der Waals surface area (Å²) in [5.41, 5.74) is 4.85. The van der Waals surface area contributed by atoms with E-state index in [1.807, 2.05) is 0 Å². The molecule has 2 nitrogen and oxygen atoms in total. The average molecular weight is 237 g/mol. The van der Waals surface area contributed by atoms with Crippen molar-refractivity contribution in [2.24, 2.45) is 5.73 Å². The standard InChI is InChI=1S/C9H8ClF3N2/c1-5(3-14)7-2-6(9(11,12)13)4-15-8(7)10/h2,4H,1,3,14H2. The number of nitrogens with zero attached hydrogens (tertiary/aromatic N) is 1. The van der Waals surface area contributed by atoms with Crippen molar-refractivity contribution in [3.05, 3.63) is 35.1 Å². The maximum atomic E-state index is 12.3. The van der Waals surface area contributed by atoms with Crippen LogP contribution in [0.5, 0.6) is 0 Å². The van der Waals surface area contributed by atoms with Crippen molar-refractivity contribution in [3.8, 4) is 0 Å². The zero-order valence-electron chi connectivity index (χ0n) is 7.61. The van der Waals surface area contributed by atoms with Gasteiger partial charge in [-0.15, -0.1) is 0 Å². The van der Waals surface area contributed by atoms with E-state index in [-0.39, 0.29) is 17.3 Å². The van der Waals surface area contributed by atoms with Crippen LogP contribution in [0.3, 0.4) is 0 Å². The maximum absolute atomic E-state index is 12.3. The molecule has 0 amide bonds. The Morgan fingerprint density at radius 2 is 2.13 bits per heavy atom. The number of hydrogen-bond donors (Lipinski definition) is 1. The summed E-state index contributed by atoms with van der Waals surface area (Å²) in [6.07, 6.45) is -3.77. The topological polar surface area (TPSA) is 38.9 Å². The van der Waals surface area contributed by atoms with E-state index >= 15 is 0 Å². The van der Waals surface area contributed by atoms with Gasteiger partial charge in [0.15, 0.2) is 0 Å². The van der Waals surface area contributed by atoms with Crippen LogP contribution in [0.15, 0.2) is 18.8 Å². The third-order valence-electron chi connectivity index (χ3n) is 1.79. The van der Waals surface area contributed by atoms with Crippen LogP contribution in [0.1, 0.15) is 11.1 Å². The molecule has 0 radical (unpaired) electrons. The minimum absolute atomic E-state index is 0.0292. The van der Waals surface area contributed by atoms with E-state index < -0.39 is 11.7 Å². The van der Waals surface area contributed by atoms with Crippen molar-refractivity contribution in [2.75, 3.05) is 6.54 Å². The summed E-state index contributed by atoms with van der Waals surface area (Å²) < 4.78 is 37.0. The van der Waals surface area contributed by atoms with Crippen LogP contribution < -0.4 is 5.73 Å². The number of nitrogens with two attached hydrogens (primary N) is 1. The quantitative estimate of drug-likeness (QED) is 0.802. The van der Waals surface area contributed by atoms with Crippen molar-refractivity contribution >= 4 is 17.2 Å². The summed E-state index contributed by atoms with van der Waals surface area (Å²) in [6, 6.07) is 0.893. The molecule has 1 aromatic rings. The largest absolute Gasteiger partial charge is 0.417 e. The first kappa shape index (κ1) is 12.0. The van der Waals surface area contributed by atoms with Crippen molar-refractivity contribution < 1.29 is 13.2 Å². The lowest BCUT2D eigenvalue weighted by atomic mass is 10.1. The molecule has 6 heteroatoms. The third kappa shape index (κ3) is 2.70. The smallest absolute Gasteiger partial charge is 0.326 e. The SMILES string of the molecule is C=C(CN)c1cc(C(F)(F)F)cnc1Cl. The summed E-state index contributed by atoms with van der Waals surface area (Å²) in [5.74, 6) is 0. The van der Waals surface area contributed by atoms with Crippen molar-refractivity contribution in [1.29, 1.82) is 0 Å². The lowest BCUT2D eigenvalue weighted by Crippen LogP contribution is -2.08.